The molecule has 0 amide bonds. The Morgan fingerprint density at radius 1 is 1.50 bits per heavy atom. The van der Waals surface area contributed by atoms with Crippen LogP contribution in [-0.2, 0) is 0 Å². The summed E-state index contributed by atoms with van der Waals surface area (Å²) < 4.78 is 5.33. The van der Waals surface area contributed by atoms with Crippen molar-refractivity contribution >= 4 is 5.69 Å². The molecule has 4 nitrogen and oxygen atoms in total. The van der Waals surface area contributed by atoms with Crippen molar-refractivity contribution < 1.29 is 4.74 Å². The summed E-state index contributed by atoms with van der Waals surface area (Å²) in [5.41, 5.74) is 7.38. The van der Waals surface area contributed by atoms with Crippen LogP contribution in [0.3, 0.4) is 0 Å². The second-order valence-corrected chi connectivity index (χ2v) is 5.97. The molecule has 0 bridgehead atoms. The van der Waals surface area contributed by atoms with Crippen LogP contribution in [0.1, 0.15) is 19.8 Å². The van der Waals surface area contributed by atoms with Crippen molar-refractivity contribution in [1.29, 1.82) is 0 Å². The highest BCUT2D eigenvalue weighted by Gasteiger charge is 2.39. The van der Waals surface area contributed by atoms with Gasteiger partial charge in [0.05, 0.1) is 12.6 Å². The van der Waals surface area contributed by atoms with Gasteiger partial charge in [0, 0.05) is 37.9 Å². The largest absolute Gasteiger partial charge is 0.497 e. The molecule has 1 heterocycles. The van der Waals surface area contributed by atoms with Gasteiger partial charge in [-0.15, -0.1) is 0 Å². The molecule has 112 valence electrons. The lowest BCUT2D eigenvalue weighted by molar-refractivity contribution is 0.132. The van der Waals surface area contributed by atoms with E-state index in [1.807, 2.05) is 12.1 Å². The number of piperidine rings is 1. The van der Waals surface area contributed by atoms with Gasteiger partial charge >= 0.3 is 0 Å². The Morgan fingerprint density at radius 2 is 2.25 bits per heavy atom. The van der Waals surface area contributed by atoms with E-state index in [2.05, 4.69) is 43.0 Å². The minimum Gasteiger partial charge on any atom is -0.497 e. The van der Waals surface area contributed by atoms with E-state index in [1.165, 1.54) is 5.69 Å². The van der Waals surface area contributed by atoms with Gasteiger partial charge in [0.15, 0.2) is 0 Å². The van der Waals surface area contributed by atoms with Gasteiger partial charge in [0.25, 0.3) is 0 Å². The Bertz CT molecular complexity index is 451. The number of benzene rings is 1. The number of hydrogen-bond acceptors (Lipinski definition) is 4. The van der Waals surface area contributed by atoms with Crippen LogP contribution in [-0.4, -0.2) is 50.8 Å². The summed E-state index contributed by atoms with van der Waals surface area (Å²) in [5.74, 6) is 0.891. The number of likely N-dealkylation sites (tertiary alicyclic amines) is 1. The first-order chi connectivity index (χ1) is 9.52. The van der Waals surface area contributed by atoms with Crippen LogP contribution in [0.4, 0.5) is 5.69 Å². The molecule has 0 saturated carbocycles. The third kappa shape index (κ3) is 2.76. The van der Waals surface area contributed by atoms with Crippen molar-refractivity contribution in [2.45, 2.75) is 31.3 Å². The number of rotatable bonds is 4. The molecule has 1 aromatic rings. The van der Waals surface area contributed by atoms with Crippen molar-refractivity contribution in [2.24, 2.45) is 5.73 Å². The van der Waals surface area contributed by atoms with Crippen molar-refractivity contribution in [3.05, 3.63) is 24.3 Å². The van der Waals surface area contributed by atoms with Crippen molar-refractivity contribution in [3.8, 4) is 5.75 Å². The van der Waals surface area contributed by atoms with Gasteiger partial charge in [0.1, 0.15) is 5.75 Å². The zero-order chi connectivity index (χ0) is 14.8. The molecular formula is C16H27N3O. The van der Waals surface area contributed by atoms with Crippen LogP contribution in [0.2, 0.25) is 0 Å². The molecule has 0 spiro atoms. The van der Waals surface area contributed by atoms with Gasteiger partial charge < -0.3 is 20.3 Å². The molecule has 0 radical (unpaired) electrons. The molecule has 1 aliphatic rings. The second-order valence-electron chi connectivity index (χ2n) is 5.97. The Labute approximate surface area is 122 Å². The van der Waals surface area contributed by atoms with E-state index >= 15 is 0 Å². The highest BCUT2D eigenvalue weighted by molar-refractivity contribution is 5.52. The lowest BCUT2D eigenvalue weighted by Gasteiger charge is -2.50. The predicted molar refractivity (Wildman–Crippen MR) is 84.5 cm³/mol. The molecule has 20 heavy (non-hydrogen) atoms. The summed E-state index contributed by atoms with van der Waals surface area (Å²) in [7, 11) is 6.05. The van der Waals surface area contributed by atoms with Gasteiger partial charge in [-0.25, -0.2) is 0 Å². The number of nitrogens with zero attached hydrogens (tertiary/aromatic N) is 2. The normalized spacial score (nSPS) is 27.4. The minimum absolute atomic E-state index is 0.0400. The number of methoxy groups -OCH3 is 1. The molecule has 1 saturated heterocycles. The maximum atomic E-state index is 6.16. The fourth-order valence-electron chi connectivity index (χ4n) is 3.13. The molecular weight excluding hydrogens is 250 g/mol. The maximum absolute atomic E-state index is 6.16. The minimum atomic E-state index is 0.0400. The topological polar surface area (TPSA) is 41.7 Å². The molecule has 2 atom stereocenters. The van der Waals surface area contributed by atoms with Crippen LogP contribution in [0.15, 0.2) is 24.3 Å². The molecule has 1 aromatic carbocycles. The standard InChI is InChI=1S/C16H27N3O/c1-13-11-16(12-17,8-9-18(13)2)19(3)14-6-5-7-15(10-14)20-4/h5-7,10,13H,8-9,11-12,17H2,1-4H3. The smallest absolute Gasteiger partial charge is 0.120 e. The summed E-state index contributed by atoms with van der Waals surface area (Å²) in [6.07, 6.45) is 2.19. The molecule has 0 aromatic heterocycles. The van der Waals surface area contributed by atoms with E-state index in [1.54, 1.807) is 7.11 Å². The highest BCUT2D eigenvalue weighted by Crippen LogP contribution is 2.34. The van der Waals surface area contributed by atoms with E-state index in [0.717, 1.165) is 25.1 Å². The summed E-state index contributed by atoms with van der Waals surface area (Å²) in [4.78, 5) is 4.76. The number of nitrogens with two attached hydrogens (primary N) is 1. The summed E-state index contributed by atoms with van der Waals surface area (Å²) in [5, 5.41) is 0. The lowest BCUT2D eigenvalue weighted by atomic mass is 9.82. The predicted octanol–water partition coefficient (Wildman–Crippen LogP) is 1.94. The first-order valence-corrected chi connectivity index (χ1v) is 7.30. The first kappa shape index (κ1) is 15.1. The van der Waals surface area contributed by atoms with Crippen LogP contribution in [0.5, 0.6) is 5.75 Å². The Balaban J connectivity index is 2.26. The quantitative estimate of drug-likeness (QED) is 0.913. The maximum Gasteiger partial charge on any atom is 0.120 e. The van der Waals surface area contributed by atoms with Gasteiger partial charge in [-0.1, -0.05) is 6.07 Å². The monoisotopic (exact) mass is 277 g/mol. The molecule has 1 aliphatic heterocycles. The van der Waals surface area contributed by atoms with Gasteiger partial charge in [-0.2, -0.15) is 0 Å². The average molecular weight is 277 g/mol. The van der Waals surface area contributed by atoms with Crippen LogP contribution in [0.25, 0.3) is 0 Å². The van der Waals surface area contributed by atoms with E-state index in [9.17, 15) is 0 Å². The molecule has 2 N–H and O–H groups in total. The van der Waals surface area contributed by atoms with E-state index < -0.39 is 0 Å². The Kier molecular flexibility index (Phi) is 4.55. The van der Waals surface area contributed by atoms with Crippen LogP contribution < -0.4 is 15.4 Å². The summed E-state index contributed by atoms with van der Waals surface area (Å²) in [6.45, 7) is 4.05. The molecule has 4 heteroatoms. The molecule has 0 aliphatic carbocycles. The number of ether oxygens (including phenoxy) is 1. The van der Waals surface area contributed by atoms with E-state index in [0.29, 0.717) is 12.6 Å². The lowest BCUT2D eigenvalue weighted by Crippen LogP contribution is -2.60. The molecule has 2 unspecified atom stereocenters. The SMILES string of the molecule is COc1cccc(N(C)C2(CN)CCN(C)C(C)C2)c1. The van der Waals surface area contributed by atoms with Gasteiger partial charge in [0.2, 0.25) is 0 Å². The third-order valence-electron chi connectivity index (χ3n) is 4.89. The zero-order valence-corrected chi connectivity index (χ0v) is 13.1. The van der Waals surface area contributed by atoms with E-state index in [4.69, 9.17) is 10.5 Å². The average Bonchev–Trinajstić information content (AvgIpc) is 2.49. The Morgan fingerprint density at radius 3 is 2.85 bits per heavy atom. The van der Waals surface area contributed by atoms with Crippen molar-refractivity contribution in [3.63, 3.8) is 0 Å². The van der Waals surface area contributed by atoms with Gasteiger partial charge in [-0.05, 0) is 38.9 Å². The zero-order valence-electron chi connectivity index (χ0n) is 13.1. The number of anilines is 1. The number of hydrogen-bond donors (Lipinski definition) is 1. The van der Waals surface area contributed by atoms with Crippen LogP contribution >= 0.6 is 0 Å². The Hall–Kier alpha value is -1.26. The molecule has 2 rings (SSSR count). The van der Waals surface area contributed by atoms with Crippen LogP contribution in [0, 0.1) is 0 Å². The fourth-order valence-corrected chi connectivity index (χ4v) is 3.13. The van der Waals surface area contributed by atoms with E-state index in [-0.39, 0.29) is 5.54 Å². The highest BCUT2D eigenvalue weighted by atomic mass is 16.5. The fraction of sp³-hybridized carbons (Fsp3) is 0.625. The number of likely N-dealkylation sites (N-methyl/N-ethyl adjacent to an activating group) is 1. The van der Waals surface area contributed by atoms with Crippen molar-refractivity contribution in [2.75, 3.05) is 39.2 Å². The third-order valence-corrected chi connectivity index (χ3v) is 4.89. The molecule has 1 fully saturated rings. The first-order valence-electron chi connectivity index (χ1n) is 7.30. The van der Waals surface area contributed by atoms with Crippen molar-refractivity contribution in [1.82, 2.24) is 4.90 Å². The van der Waals surface area contributed by atoms with Gasteiger partial charge in [-0.3, -0.25) is 0 Å². The summed E-state index contributed by atoms with van der Waals surface area (Å²) in [6, 6.07) is 8.78. The second kappa shape index (κ2) is 6.02. The summed E-state index contributed by atoms with van der Waals surface area (Å²) >= 11 is 0.